The average molecular weight is 315 g/mol. The number of benzene rings is 1. The van der Waals surface area contributed by atoms with E-state index < -0.39 is 21.9 Å². The fourth-order valence-electron chi connectivity index (χ4n) is 2.85. The summed E-state index contributed by atoms with van der Waals surface area (Å²) < 4.78 is 39.8. The number of aliphatic hydroxyl groups excluding tert-OH is 1. The Morgan fingerprint density at radius 3 is 2.86 bits per heavy atom. The Balaban J connectivity index is 2.20. The van der Waals surface area contributed by atoms with Gasteiger partial charge >= 0.3 is 0 Å². The lowest BCUT2D eigenvalue weighted by atomic mass is 9.98. The van der Waals surface area contributed by atoms with E-state index in [-0.39, 0.29) is 11.8 Å². The molecule has 1 aromatic carbocycles. The molecule has 1 heterocycles. The van der Waals surface area contributed by atoms with Crippen LogP contribution in [0.15, 0.2) is 24.3 Å². The average Bonchev–Trinajstić information content (AvgIpc) is 2.46. The number of hydrogen-bond acceptors (Lipinski definition) is 3. The van der Waals surface area contributed by atoms with Crippen molar-refractivity contribution in [3.05, 3.63) is 35.6 Å². The van der Waals surface area contributed by atoms with Crippen LogP contribution in [0.2, 0.25) is 0 Å². The van der Waals surface area contributed by atoms with Crippen molar-refractivity contribution in [2.75, 3.05) is 6.54 Å². The van der Waals surface area contributed by atoms with Crippen LogP contribution in [-0.2, 0) is 15.8 Å². The van der Waals surface area contributed by atoms with Gasteiger partial charge in [0.05, 0.1) is 17.9 Å². The van der Waals surface area contributed by atoms with Crippen molar-refractivity contribution in [3.8, 4) is 0 Å². The number of sulfonamides is 1. The zero-order valence-electron chi connectivity index (χ0n) is 12.2. The molecule has 2 unspecified atom stereocenters. The normalized spacial score (nSPS) is 22.1. The van der Waals surface area contributed by atoms with Gasteiger partial charge in [-0.1, -0.05) is 25.5 Å². The summed E-state index contributed by atoms with van der Waals surface area (Å²) in [6.07, 6.45) is 2.28. The molecule has 4 nitrogen and oxygen atoms in total. The first-order chi connectivity index (χ1) is 9.94. The van der Waals surface area contributed by atoms with Crippen LogP contribution >= 0.6 is 0 Å². The van der Waals surface area contributed by atoms with E-state index in [0.717, 1.165) is 12.8 Å². The minimum atomic E-state index is -3.55. The molecule has 1 aliphatic rings. The molecule has 0 aliphatic carbocycles. The van der Waals surface area contributed by atoms with Crippen LogP contribution in [0.25, 0.3) is 0 Å². The maximum absolute atomic E-state index is 13.2. The van der Waals surface area contributed by atoms with Crippen LogP contribution in [-0.4, -0.2) is 36.5 Å². The second kappa shape index (κ2) is 6.85. The first-order valence-electron chi connectivity index (χ1n) is 7.36. The van der Waals surface area contributed by atoms with Crippen molar-refractivity contribution >= 4 is 10.0 Å². The molecule has 2 rings (SSSR count). The second-order valence-electron chi connectivity index (χ2n) is 5.54. The summed E-state index contributed by atoms with van der Waals surface area (Å²) in [7, 11) is -3.55. The molecule has 1 fully saturated rings. The molecule has 0 bridgehead atoms. The highest BCUT2D eigenvalue weighted by Gasteiger charge is 2.35. The van der Waals surface area contributed by atoms with Gasteiger partial charge in [-0.15, -0.1) is 0 Å². The predicted molar refractivity (Wildman–Crippen MR) is 79.7 cm³/mol. The predicted octanol–water partition coefficient (Wildman–Crippen LogP) is 2.28. The molecule has 6 heteroatoms. The quantitative estimate of drug-likeness (QED) is 0.907. The van der Waals surface area contributed by atoms with Crippen LogP contribution in [0.1, 0.15) is 38.2 Å². The first kappa shape index (κ1) is 16.4. The van der Waals surface area contributed by atoms with Gasteiger partial charge in [0.2, 0.25) is 10.0 Å². The molecule has 1 N–H and O–H groups in total. The smallest absolute Gasteiger partial charge is 0.218 e. The Bertz CT molecular complexity index is 576. The third-order valence-corrected chi connectivity index (χ3v) is 5.82. The van der Waals surface area contributed by atoms with Crippen molar-refractivity contribution in [2.24, 2.45) is 0 Å². The summed E-state index contributed by atoms with van der Waals surface area (Å²) >= 11 is 0. The Labute approximate surface area is 125 Å². The first-order valence-corrected chi connectivity index (χ1v) is 8.97. The monoisotopic (exact) mass is 315 g/mol. The molecule has 2 atom stereocenters. The molecule has 0 amide bonds. The van der Waals surface area contributed by atoms with Crippen molar-refractivity contribution in [1.29, 1.82) is 0 Å². The Morgan fingerprint density at radius 2 is 2.19 bits per heavy atom. The van der Waals surface area contributed by atoms with Gasteiger partial charge in [0.1, 0.15) is 5.82 Å². The van der Waals surface area contributed by atoms with Crippen LogP contribution in [0.3, 0.4) is 0 Å². The highest BCUT2D eigenvalue weighted by molar-refractivity contribution is 7.88. The van der Waals surface area contributed by atoms with Crippen molar-refractivity contribution < 1.29 is 17.9 Å². The summed E-state index contributed by atoms with van der Waals surface area (Å²) in [6.45, 7) is 2.27. The number of hydrogen-bond donors (Lipinski definition) is 1. The van der Waals surface area contributed by atoms with E-state index in [2.05, 4.69) is 0 Å². The molecule has 0 spiro atoms. The van der Waals surface area contributed by atoms with E-state index in [1.807, 2.05) is 6.92 Å². The van der Waals surface area contributed by atoms with E-state index in [1.54, 1.807) is 6.07 Å². The van der Waals surface area contributed by atoms with Crippen LogP contribution < -0.4 is 0 Å². The van der Waals surface area contributed by atoms with Gasteiger partial charge in [0.15, 0.2) is 0 Å². The van der Waals surface area contributed by atoms with Gasteiger partial charge in [0, 0.05) is 6.54 Å². The fourth-order valence-corrected chi connectivity index (χ4v) is 4.69. The van der Waals surface area contributed by atoms with Gasteiger partial charge in [-0.05, 0) is 37.0 Å². The highest BCUT2D eigenvalue weighted by Crippen LogP contribution is 2.26. The topological polar surface area (TPSA) is 57.6 Å². The summed E-state index contributed by atoms with van der Waals surface area (Å²) in [5, 5.41) is 10.1. The SMILES string of the molecule is CCC(O)C1CCCCN1S(=O)(=O)Cc1cccc(F)c1. The number of nitrogens with zero attached hydrogens (tertiary/aromatic N) is 1. The molecule has 118 valence electrons. The Kier molecular flexibility index (Phi) is 5.35. The van der Waals surface area contributed by atoms with Gasteiger partial charge in [0.25, 0.3) is 0 Å². The number of rotatable bonds is 5. The minimum absolute atomic E-state index is 0.225. The molecule has 0 aromatic heterocycles. The zero-order chi connectivity index (χ0) is 15.5. The summed E-state index contributed by atoms with van der Waals surface area (Å²) in [6, 6.07) is 5.29. The van der Waals surface area contributed by atoms with Crippen LogP contribution in [0.4, 0.5) is 4.39 Å². The third kappa shape index (κ3) is 4.02. The van der Waals surface area contributed by atoms with Gasteiger partial charge in [-0.3, -0.25) is 0 Å². The number of halogens is 1. The van der Waals surface area contributed by atoms with E-state index >= 15 is 0 Å². The van der Waals surface area contributed by atoms with Gasteiger partial charge < -0.3 is 5.11 Å². The highest BCUT2D eigenvalue weighted by atomic mass is 32.2. The fraction of sp³-hybridized carbons (Fsp3) is 0.600. The van der Waals surface area contributed by atoms with Crippen LogP contribution in [0, 0.1) is 5.82 Å². The molecule has 0 saturated carbocycles. The molecule has 1 saturated heterocycles. The lowest BCUT2D eigenvalue weighted by molar-refractivity contribution is 0.0666. The lowest BCUT2D eigenvalue weighted by Gasteiger charge is -2.37. The second-order valence-corrected chi connectivity index (χ2v) is 7.46. The number of aliphatic hydroxyl groups is 1. The standard InChI is InChI=1S/C15H22FNO3S/c1-2-15(18)14-8-3-4-9-17(14)21(19,20)11-12-6-5-7-13(16)10-12/h5-7,10,14-15,18H,2-4,8-9,11H2,1H3. The summed E-state index contributed by atoms with van der Waals surface area (Å²) in [5.41, 5.74) is 0.435. The molecule has 1 aromatic rings. The minimum Gasteiger partial charge on any atom is -0.391 e. The van der Waals surface area contributed by atoms with E-state index in [1.165, 1.54) is 22.5 Å². The van der Waals surface area contributed by atoms with Crippen molar-refractivity contribution in [3.63, 3.8) is 0 Å². The lowest BCUT2D eigenvalue weighted by Crippen LogP contribution is -2.49. The van der Waals surface area contributed by atoms with Crippen molar-refractivity contribution in [2.45, 2.75) is 50.5 Å². The summed E-state index contributed by atoms with van der Waals surface area (Å²) in [4.78, 5) is 0. The molecule has 0 radical (unpaired) electrons. The van der Waals surface area contributed by atoms with E-state index in [9.17, 15) is 17.9 Å². The van der Waals surface area contributed by atoms with E-state index in [0.29, 0.717) is 24.9 Å². The van der Waals surface area contributed by atoms with Gasteiger partial charge in [-0.25, -0.2) is 12.8 Å². The molecule has 1 aliphatic heterocycles. The van der Waals surface area contributed by atoms with E-state index in [4.69, 9.17) is 0 Å². The Morgan fingerprint density at radius 1 is 1.43 bits per heavy atom. The molecule has 21 heavy (non-hydrogen) atoms. The summed E-state index contributed by atoms with van der Waals surface area (Å²) in [5.74, 6) is -0.663. The Hall–Kier alpha value is -0.980. The van der Waals surface area contributed by atoms with Gasteiger partial charge in [-0.2, -0.15) is 4.31 Å². The molecular weight excluding hydrogens is 293 g/mol. The largest absolute Gasteiger partial charge is 0.391 e. The maximum atomic E-state index is 13.2. The molecular formula is C15H22FNO3S. The van der Waals surface area contributed by atoms with Crippen LogP contribution in [0.5, 0.6) is 0 Å². The maximum Gasteiger partial charge on any atom is 0.218 e. The number of piperidine rings is 1. The van der Waals surface area contributed by atoms with Crippen molar-refractivity contribution in [1.82, 2.24) is 4.31 Å². The third-order valence-electron chi connectivity index (χ3n) is 3.96. The zero-order valence-corrected chi connectivity index (χ0v) is 13.0.